The standard InChI is InChI=1S/C17H29N3O/c1-4-11-20(13-17(21)19-15(5-2)6-3)16-9-7-14(12-18)8-10-16/h7-10,15H,4-6,11-13,18H2,1-3H3,(H,19,21). The molecule has 0 radical (unpaired) electrons. The predicted octanol–water partition coefficient (Wildman–Crippen LogP) is 2.67. The fourth-order valence-electron chi connectivity index (χ4n) is 2.35. The molecule has 0 spiro atoms. The van der Waals surface area contributed by atoms with Gasteiger partial charge in [0.1, 0.15) is 0 Å². The molecule has 1 aromatic rings. The molecule has 4 heteroatoms. The first-order valence-corrected chi connectivity index (χ1v) is 7.97. The summed E-state index contributed by atoms with van der Waals surface area (Å²) in [6, 6.07) is 8.42. The average Bonchev–Trinajstić information content (AvgIpc) is 2.52. The molecular formula is C17H29N3O. The summed E-state index contributed by atoms with van der Waals surface area (Å²) in [4.78, 5) is 14.3. The Morgan fingerprint density at radius 1 is 1.19 bits per heavy atom. The van der Waals surface area contributed by atoms with Crippen molar-refractivity contribution in [2.45, 2.75) is 52.6 Å². The molecule has 1 rings (SSSR count). The highest BCUT2D eigenvalue weighted by Gasteiger charge is 2.13. The molecule has 0 aliphatic heterocycles. The maximum atomic E-state index is 12.2. The van der Waals surface area contributed by atoms with E-state index in [1.54, 1.807) is 0 Å². The lowest BCUT2D eigenvalue weighted by molar-refractivity contribution is -0.120. The number of carbonyl (C=O) groups excluding carboxylic acids is 1. The molecule has 1 aromatic carbocycles. The summed E-state index contributed by atoms with van der Waals surface area (Å²) in [6.07, 6.45) is 2.96. The van der Waals surface area contributed by atoms with Gasteiger partial charge < -0.3 is 16.0 Å². The van der Waals surface area contributed by atoms with Crippen molar-refractivity contribution >= 4 is 11.6 Å². The normalized spacial score (nSPS) is 10.7. The second-order valence-corrected chi connectivity index (χ2v) is 5.37. The third kappa shape index (κ3) is 5.76. The minimum absolute atomic E-state index is 0.0973. The van der Waals surface area contributed by atoms with Crippen LogP contribution in [0.2, 0.25) is 0 Å². The first-order chi connectivity index (χ1) is 10.1. The zero-order valence-electron chi connectivity index (χ0n) is 13.6. The Morgan fingerprint density at radius 3 is 2.29 bits per heavy atom. The molecule has 0 saturated heterocycles. The van der Waals surface area contributed by atoms with E-state index >= 15 is 0 Å². The number of nitrogens with two attached hydrogens (primary N) is 1. The summed E-state index contributed by atoms with van der Waals surface area (Å²) in [5.41, 5.74) is 7.81. The van der Waals surface area contributed by atoms with Gasteiger partial charge in [-0.1, -0.05) is 32.9 Å². The van der Waals surface area contributed by atoms with E-state index in [-0.39, 0.29) is 11.9 Å². The molecule has 0 unspecified atom stereocenters. The lowest BCUT2D eigenvalue weighted by atomic mass is 10.1. The van der Waals surface area contributed by atoms with Crippen LogP contribution in [0.5, 0.6) is 0 Å². The number of hydrogen-bond acceptors (Lipinski definition) is 3. The quantitative estimate of drug-likeness (QED) is 0.735. The molecule has 0 bridgehead atoms. The monoisotopic (exact) mass is 291 g/mol. The van der Waals surface area contributed by atoms with Crippen LogP contribution in [0.4, 0.5) is 5.69 Å². The van der Waals surface area contributed by atoms with Gasteiger partial charge in [-0.25, -0.2) is 0 Å². The lowest BCUT2D eigenvalue weighted by Gasteiger charge is -2.25. The van der Waals surface area contributed by atoms with Gasteiger partial charge in [0.15, 0.2) is 0 Å². The topological polar surface area (TPSA) is 58.4 Å². The molecule has 118 valence electrons. The minimum Gasteiger partial charge on any atom is -0.362 e. The van der Waals surface area contributed by atoms with Crippen LogP contribution in [0.3, 0.4) is 0 Å². The number of nitrogens with one attached hydrogen (secondary N) is 1. The highest BCUT2D eigenvalue weighted by Crippen LogP contribution is 2.15. The zero-order chi connectivity index (χ0) is 15.7. The number of benzene rings is 1. The number of nitrogens with zero attached hydrogens (tertiary/aromatic N) is 1. The summed E-state index contributed by atoms with van der Waals surface area (Å²) in [5, 5.41) is 3.10. The Bertz CT molecular complexity index is 413. The molecule has 3 N–H and O–H groups in total. The molecule has 0 aliphatic carbocycles. The molecule has 0 aliphatic rings. The molecule has 21 heavy (non-hydrogen) atoms. The summed E-state index contributed by atoms with van der Waals surface area (Å²) in [5.74, 6) is 0.0973. The molecular weight excluding hydrogens is 262 g/mol. The summed E-state index contributed by atoms with van der Waals surface area (Å²) in [6.45, 7) is 8.15. The van der Waals surface area contributed by atoms with Crippen LogP contribution in [-0.2, 0) is 11.3 Å². The van der Waals surface area contributed by atoms with E-state index in [0.717, 1.165) is 37.1 Å². The van der Waals surface area contributed by atoms with E-state index in [1.165, 1.54) is 0 Å². The first kappa shape index (κ1) is 17.5. The first-order valence-electron chi connectivity index (χ1n) is 7.97. The SMILES string of the molecule is CCCN(CC(=O)NC(CC)CC)c1ccc(CN)cc1. The molecule has 0 heterocycles. The van der Waals surface area contributed by atoms with Gasteiger partial charge in [0.2, 0.25) is 5.91 Å². The fourth-order valence-corrected chi connectivity index (χ4v) is 2.35. The number of rotatable bonds is 9. The van der Waals surface area contributed by atoms with E-state index in [4.69, 9.17) is 5.73 Å². The smallest absolute Gasteiger partial charge is 0.239 e. The van der Waals surface area contributed by atoms with Crippen molar-refractivity contribution in [3.63, 3.8) is 0 Å². The Labute approximate surface area is 128 Å². The van der Waals surface area contributed by atoms with Gasteiger partial charge in [0, 0.05) is 24.8 Å². The summed E-state index contributed by atoms with van der Waals surface area (Å²) >= 11 is 0. The molecule has 0 aromatic heterocycles. The Hall–Kier alpha value is -1.55. The molecule has 0 saturated carbocycles. The van der Waals surface area contributed by atoms with Gasteiger partial charge in [0.25, 0.3) is 0 Å². The van der Waals surface area contributed by atoms with Crippen molar-refractivity contribution in [3.05, 3.63) is 29.8 Å². The van der Waals surface area contributed by atoms with Crippen molar-refractivity contribution in [2.24, 2.45) is 5.73 Å². The Morgan fingerprint density at radius 2 is 1.81 bits per heavy atom. The number of hydrogen-bond donors (Lipinski definition) is 2. The highest BCUT2D eigenvalue weighted by atomic mass is 16.2. The van der Waals surface area contributed by atoms with Gasteiger partial charge in [-0.3, -0.25) is 4.79 Å². The van der Waals surface area contributed by atoms with Crippen LogP contribution in [0.15, 0.2) is 24.3 Å². The molecule has 4 nitrogen and oxygen atoms in total. The van der Waals surface area contributed by atoms with Crippen molar-refractivity contribution < 1.29 is 4.79 Å². The van der Waals surface area contributed by atoms with Crippen molar-refractivity contribution in [1.29, 1.82) is 0 Å². The van der Waals surface area contributed by atoms with Crippen molar-refractivity contribution in [2.75, 3.05) is 18.0 Å². The van der Waals surface area contributed by atoms with Gasteiger partial charge >= 0.3 is 0 Å². The third-order valence-electron chi connectivity index (χ3n) is 3.72. The maximum Gasteiger partial charge on any atom is 0.239 e. The summed E-state index contributed by atoms with van der Waals surface area (Å²) in [7, 11) is 0. The Balaban J connectivity index is 2.69. The summed E-state index contributed by atoms with van der Waals surface area (Å²) < 4.78 is 0. The van der Waals surface area contributed by atoms with Crippen LogP contribution in [0.1, 0.15) is 45.6 Å². The molecule has 0 atom stereocenters. The maximum absolute atomic E-state index is 12.2. The van der Waals surface area contributed by atoms with E-state index in [2.05, 4.69) is 31.0 Å². The average molecular weight is 291 g/mol. The van der Waals surface area contributed by atoms with Crippen molar-refractivity contribution in [1.82, 2.24) is 5.32 Å². The van der Waals surface area contributed by atoms with E-state index in [1.807, 2.05) is 24.3 Å². The Kier molecular flexibility index (Phi) is 7.83. The largest absolute Gasteiger partial charge is 0.362 e. The predicted molar refractivity (Wildman–Crippen MR) is 89.4 cm³/mol. The van der Waals surface area contributed by atoms with Gasteiger partial charge in [-0.15, -0.1) is 0 Å². The second-order valence-electron chi connectivity index (χ2n) is 5.37. The van der Waals surface area contributed by atoms with E-state index in [0.29, 0.717) is 13.1 Å². The lowest BCUT2D eigenvalue weighted by Crippen LogP contribution is -2.42. The minimum atomic E-state index is 0.0973. The van der Waals surface area contributed by atoms with E-state index in [9.17, 15) is 4.79 Å². The molecule has 1 amide bonds. The van der Waals surface area contributed by atoms with Crippen molar-refractivity contribution in [3.8, 4) is 0 Å². The third-order valence-corrected chi connectivity index (χ3v) is 3.72. The van der Waals surface area contributed by atoms with Gasteiger partial charge in [0.05, 0.1) is 6.54 Å². The van der Waals surface area contributed by atoms with Crippen LogP contribution in [0.25, 0.3) is 0 Å². The fraction of sp³-hybridized carbons (Fsp3) is 0.588. The van der Waals surface area contributed by atoms with Gasteiger partial charge in [-0.2, -0.15) is 0 Å². The number of amides is 1. The molecule has 0 fully saturated rings. The van der Waals surface area contributed by atoms with Crippen LogP contribution >= 0.6 is 0 Å². The van der Waals surface area contributed by atoms with E-state index < -0.39 is 0 Å². The second kappa shape index (κ2) is 9.40. The zero-order valence-corrected chi connectivity index (χ0v) is 13.6. The van der Waals surface area contributed by atoms with Crippen LogP contribution < -0.4 is 16.0 Å². The highest BCUT2D eigenvalue weighted by molar-refractivity contribution is 5.81. The van der Waals surface area contributed by atoms with Crippen LogP contribution in [0, 0.1) is 0 Å². The number of carbonyl (C=O) groups is 1. The number of anilines is 1. The van der Waals surface area contributed by atoms with Crippen LogP contribution in [-0.4, -0.2) is 25.0 Å². The van der Waals surface area contributed by atoms with Gasteiger partial charge in [-0.05, 0) is 37.0 Å².